The van der Waals surface area contributed by atoms with Gasteiger partial charge in [-0.05, 0) is 43.3 Å². The van der Waals surface area contributed by atoms with Gasteiger partial charge in [0.1, 0.15) is 5.84 Å². The van der Waals surface area contributed by atoms with Gasteiger partial charge in [0.15, 0.2) is 5.78 Å². The Morgan fingerprint density at radius 3 is 1.92 bits per heavy atom. The molecule has 0 bridgehead atoms. The van der Waals surface area contributed by atoms with Gasteiger partial charge < -0.3 is 5.32 Å². The van der Waals surface area contributed by atoms with Crippen LogP contribution in [0.5, 0.6) is 0 Å². The van der Waals surface area contributed by atoms with Crippen LogP contribution in [0.3, 0.4) is 0 Å². The number of nitrogens with one attached hydrogen (secondary N) is 1. The molecule has 0 heterocycles. The maximum absolute atomic E-state index is 12.4. The second kappa shape index (κ2) is 7.38. The maximum Gasteiger partial charge on any atom is 0.193 e. The van der Waals surface area contributed by atoms with E-state index in [-0.39, 0.29) is 5.78 Å². The molecule has 3 aromatic rings. The molecule has 118 valence electrons. The number of para-hydroxylation sites is 1. The summed E-state index contributed by atoms with van der Waals surface area (Å²) in [6.45, 7) is 1.91. The maximum atomic E-state index is 12.4. The van der Waals surface area contributed by atoms with Crippen LogP contribution in [0.4, 0.5) is 11.4 Å². The molecule has 0 aromatic heterocycles. The summed E-state index contributed by atoms with van der Waals surface area (Å²) in [5.74, 6) is 0.814. The van der Waals surface area contributed by atoms with Gasteiger partial charge in [-0.3, -0.25) is 4.79 Å². The predicted octanol–water partition coefficient (Wildman–Crippen LogP) is 5.08. The normalized spacial score (nSPS) is 11.1. The van der Waals surface area contributed by atoms with Crippen molar-refractivity contribution in [1.29, 1.82) is 0 Å². The highest BCUT2D eigenvalue weighted by Crippen LogP contribution is 2.17. The minimum Gasteiger partial charge on any atom is -0.344 e. The Bertz CT molecular complexity index is 838. The minimum absolute atomic E-state index is 0.0188. The molecule has 0 spiro atoms. The van der Waals surface area contributed by atoms with Crippen LogP contribution in [0.1, 0.15) is 22.8 Å². The predicted molar refractivity (Wildman–Crippen MR) is 99.2 cm³/mol. The van der Waals surface area contributed by atoms with Gasteiger partial charge in [0.2, 0.25) is 0 Å². The summed E-state index contributed by atoms with van der Waals surface area (Å²) in [6.07, 6.45) is 0. The summed E-state index contributed by atoms with van der Waals surface area (Å²) in [5.41, 5.74) is 3.15. The van der Waals surface area contributed by atoms with Crippen LogP contribution < -0.4 is 5.32 Å². The molecule has 0 radical (unpaired) electrons. The number of hydrogen-bond donors (Lipinski definition) is 1. The Morgan fingerprint density at radius 1 is 0.750 bits per heavy atom. The number of rotatable bonds is 4. The number of carbonyl (C=O) groups excluding carboxylic acids is 1. The first-order valence-corrected chi connectivity index (χ1v) is 7.79. The van der Waals surface area contributed by atoms with Crippen molar-refractivity contribution in [1.82, 2.24) is 0 Å². The van der Waals surface area contributed by atoms with E-state index in [2.05, 4.69) is 10.3 Å². The van der Waals surface area contributed by atoms with Crippen LogP contribution >= 0.6 is 0 Å². The third kappa shape index (κ3) is 3.96. The average Bonchev–Trinajstić information content (AvgIpc) is 2.63. The largest absolute Gasteiger partial charge is 0.344 e. The molecule has 0 aliphatic rings. The lowest BCUT2D eigenvalue weighted by Crippen LogP contribution is -2.06. The van der Waals surface area contributed by atoms with Crippen LogP contribution in [0, 0.1) is 0 Å². The van der Waals surface area contributed by atoms with E-state index < -0.39 is 0 Å². The van der Waals surface area contributed by atoms with Crippen molar-refractivity contribution < 1.29 is 4.79 Å². The van der Waals surface area contributed by atoms with Crippen LogP contribution in [-0.4, -0.2) is 11.6 Å². The van der Waals surface area contributed by atoms with E-state index in [1.807, 2.05) is 91.9 Å². The summed E-state index contributed by atoms with van der Waals surface area (Å²) >= 11 is 0. The molecule has 0 saturated heterocycles. The fourth-order valence-electron chi connectivity index (χ4n) is 2.40. The molecule has 0 aliphatic heterocycles. The van der Waals surface area contributed by atoms with E-state index >= 15 is 0 Å². The number of anilines is 1. The molecule has 0 atom stereocenters. The zero-order valence-electron chi connectivity index (χ0n) is 13.4. The second-order valence-corrected chi connectivity index (χ2v) is 5.43. The summed E-state index contributed by atoms with van der Waals surface area (Å²) in [5, 5.41) is 3.24. The van der Waals surface area contributed by atoms with Crippen LogP contribution in [-0.2, 0) is 0 Å². The zero-order valence-corrected chi connectivity index (χ0v) is 13.4. The molecule has 3 aromatic carbocycles. The van der Waals surface area contributed by atoms with E-state index in [0.29, 0.717) is 11.1 Å². The van der Waals surface area contributed by atoms with E-state index in [1.54, 1.807) is 0 Å². The molecule has 0 amide bonds. The van der Waals surface area contributed by atoms with Gasteiger partial charge in [-0.25, -0.2) is 4.99 Å². The van der Waals surface area contributed by atoms with Crippen LogP contribution in [0.25, 0.3) is 0 Å². The number of aliphatic imine (C=N–C) groups is 1. The monoisotopic (exact) mass is 314 g/mol. The first-order valence-electron chi connectivity index (χ1n) is 7.79. The Labute approximate surface area is 141 Å². The van der Waals surface area contributed by atoms with Crippen molar-refractivity contribution in [3.63, 3.8) is 0 Å². The minimum atomic E-state index is 0.0188. The summed E-state index contributed by atoms with van der Waals surface area (Å²) in [6, 6.07) is 26.5. The Hall–Kier alpha value is -3.20. The molecule has 3 rings (SSSR count). The van der Waals surface area contributed by atoms with E-state index in [9.17, 15) is 4.79 Å². The number of nitrogens with zero attached hydrogens (tertiary/aromatic N) is 1. The van der Waals surface area contributed by atoms with Crippen molar-refractivity contribution in [2.45, 2.75) is 6.92 Å². The molecule has 1 N–H and O–H groups in total. The van der Waals surface area contributed by atoms with Gasteiger partial charge in [0, 0.05) is 16.8 Å². The highest BCUT2D eigenvalue weighted by Gasteiger charge is 2.07. The number of carbonyl (C=O) groups is 1. The van der Waals surface area contributed by atoms with Crippen molar-refractivity contribution >= 4 is 23.0 Å². The topological polar surface area (TPSA) is 41.5 Å². The van der Waals surface area contributed by atoms with Crippen LogP contribution in [0.2, 0.25) is 0 Å². The summed E-state index contributed by atoms with van der Waals surface area (Å²) < 4.78 is 0. The lowest BCUT2D eigenvalue weighted by atomic mass is 10.0. The molecular weight excluding hydrogens is 296 g/mol. The van der Waals surface area contributed by atoms with Gasteiger partial charge in [0.25, 0.3) is 0 Å². The molecule has 0 saturated carbocycles. The summed E-state index contributed by atoms with van der Waals surface area (Å²) in [7, 11) is 0. The van der Waals surface area contributed by atoms with Crippen LogP contribution in [0.15, 0.2) is 89.9 Å². The fraction of sp³-hybridized carbons (Fsp3) is 0.0476. The Kier molecular flexibility index (Phi) is 4.82. The quantitative estimate of drug-likeness (QED) is 0.414. The molecule has 24 heavy (non-hydrogen) atoms. The standard InChI is InChI=1S/C21H18N2O/c1-16(22-19-10-6-3-7-11-19)23-20-14-12-18(13-15-20)21(24)17-8-4-2-5-9-17/h2-15H,1H3,(H,22,23). The number of benzene rings is 3. The number of amidine groups is 1. The van der Waals surface area contributed by atoms with Gasteiger partial charge in [0.05, 0.1) is 5.69 Å². The molecule has 0 unspecified atom stereocenters. The highest BCUT2D eigenvalue weighted by molar-refractivity contribution is 6.09. The molecule has 0 fully saturated rings. The van der Waals surface area contributed by atoms with E-state index in [4.69, 9.17) is 0 Å². The lowest BCUT2D eigenvalue weighted by molar-refractivity contribution is 0.103. The third-order valence-electron chi connectivity index (χ3n) is 3.56. The fourth-order valence-corrected chi connectivity index (χ4v) is 2.40. The first-order chi connectivity index (χ1) is 11.7. The highest BCUT2D eigenvalue weighted by atomic mass is 16.1. The van der Waals surface area contributed by atoms with Crippen molar-refractivity contribution in [2.75, 3.05) is 5.32 Å². The Morgan fingerprint density at radius 2 is 1.29 bits per heavy atom. The molecule has 3 heteroatoms. The van der Waals surface area contributed by atoms with Gasteiger partial charge in [-0.15, -0.1) is 0 Å². The summed E-state index contributed by atoms with van der Waals surface area (Å²) in [4.78, 5) is 16.9. The Balaban J connectivity index is 1.72. The van der Waals surface area contributed by atoms with Crippen molar-refractivity contribution in [3.8, 4) is 0 Å². The van der Waals surface area contributed by atoms with E-state index in [1.165, 1.54) is 0 Å². The second-order valence-electron chi connectivity index (χ2n) is 5.43. The molecule has 0 aliphatic carbocycles. The van der Waals surface area contributed by atoms with Gasteiger partial charge in [-0.1, -0.05) is 48.5 Å². The van der Waals surface area contributed by atoms with Gasteiger partial charge in [-0.2, -0.15) is 0 Å². The molecule has 3 nitrogen and oxygen atoms in total. The number of hydrogen-bond acceptors (Lipinski definition) is 2. The third-order valence-corrected chi connectivity index (χ3v) is 3.56. The lowest BCUT2D eigenvalue weighted by Gasteiger charge is -2.06. The zero-order chi connectivity index (χ0) is 16.8. The first kappa shape index (κ1) is 15.7. The SMILES string of the molecule is CC(=Nc1ccc(C(=O)c2ccccc2)cc1)Nc1ccccc1. The van der Waals surface area contributed by atoms with Crippen molar-refractivity contribution in [3.05, 3.63) is 96.1 Å². The van der Waals surface area contributed by atoms with E-state index in [0.717, 1.165) is 17.2 Å². The van der Waals surface area contributed by atoms with Gasteiger partial charge >= 0.3 is 0 Å². The molecular formula is C21H18N2O. The number of ketones is 1. The average molecular weight is 314 g/mol. The smallest absolute Gasteiger partial charge is 0.193 e. The van der Waals surface area contributed by atoms with Crippen molar-refractivity contribution in [2.24, 2.45) is 4.99 Å².